The average Bonchev–Trinajstić information content (AvgIpc) is 3.24. The van der Waals surface area contributed by atoms with Crippen LogP contribution in [0.1, 0.15) is 5.01 Å². The second-order valence-electron chi connectivity index (χ2n) is 6.30. The molecule has 1 heterocycles. The van der Waals surface area contributed by atoms with Crippen LogP contribution in [0.25, 0.3) is 27.6 Å². The van der Waals surface area contributed by atoms with Gasteiger partial charge < -0.3 is 5.32 Å². The topological polar surface area (TPSA) is 91.8 Å². The molecule has 1 aromatic heterocycles. The van der Waals surface area contributed by atoms with E-state index in [-0.39, 0.29) is 5.57 Å². The van der Waals surface area contributed by atoms with Crippen molar-refractivity contribution in [2.45, 2.75) is 0 Å². The Morgan fingerprint density at radius 2 is 2.00 bits per heavy atom. The van der Waals surface area contributed by atoms with E-state index in [0.29, 0.717) is 10.7 Å². The van der Waals surface area contributed by atoms with Crippen LogP contribution in [0.15, 0.2) is 72.2 Å². The molecule has 0 radical (unpaired) electrons. The van der Waals surface area contributed by atoms with Crippen LogP contribution in [-0.2, 0) is 0 Å². The number of nitro benzene ring substituents is 1. The van der Waals surface area contributed by atoms with Gasteiger partial charge in [0.05, 0.1) is 10.6 Å². The van der Waals surface area contributed by atoms with Gasteiger partial charge in [0.1, 0.15) is 16.6 Å². The molecule has 30 heavy (non-hydrogen) atoms. The summed E-state index contributed by atoms with van der Waals surface area (Å²) in [6.45, 7) is 0. The van der Waals surface area contributed by atoms with Crippen LogP contribution < -0.4 is 5.32 Å². The van der Waals surface area contributed by atoms with Gasteiger partial charge in [-0.15, -0.1) is 11.3 Å². The number of thiazole rings is 1. The number of nitrogens with zero attached hydrogens (tertiary/aromatic N) is 3. The van der Waals surface area contributed by atoms with Gasteiger partial charge in [0, 0.05) is 28.9 Å². The van der Waals surface area contributed by atoms with E-state index in [1.807, 2.05) is 47.8 Å². The fourth-order valence-electron chi connectivity index (χ4n) is 3.01. The van der Waals surface area contributed by atoms with Gasteiger partial charge in [-0.1, -0.05) is 42.5 Å². The summed E-state index contributed by atoms with van der Waals surface area (Å²) in [4.78, 5) is 14.7. The molecule has 0 unspecified atom stereocenters. The standard InChI is InChI=1S/C22H13FN4O2S/c23-19-9-8-16(10-21(19)27(28)29)25-12-15(11-24)22-26-20(13-30-22)18-7-3-5-14-4-1-2-6-17(14)18/h1-10,12-13,25H/b15-12+. The third-order valence-electron chi connectivity index (χ3n) is 4.45. The molecule has 0 bridgehead atoms. The van der Waals surface area contributed by atoms with Crippen LogP contribution in [0.5, 0.6) is 0 Å². The molecule has 1 N–H and O–H groups in total. The summed E-state index contributed by atoms with van der Waals surface area (Å²) in [5, 5.41) is 27.8. The normalized spacial score (nSPS) is 11.3. The molecule has 4 rings (SSSR count). The maximum absolute atomic E-state index is 13.5. The van der Waals surface area contributed by atoms with E-state index in [2.05, 4.69) is 16.4 Å². The number of aromatic nitrogens is 1. The number of fused-ring (bicyclic) bond motifs is 1. The number of benzene rings is 3. The molecule has 4 aromatic rings. The first-order valence-electron chi connectivity index (χ1n) is 8.81. The van der Waals surface area contributed by atoms with Crippen molar-refractivity contribution in [3.63, 3.8) is 0 Å². The number of halogens is 1. The third-order valence-corrected chi connectivity index (χ3v) is 5.32. The Kier molecular flexibility index (Phi) is 5.20. The van der Waals surface area contributed by atoms with Gasteiger partial charge in [0.2, 0.25) is 5.82 Å². The molecule has 6 nitrogen and oxygen atoms in total. The van der Waals surface area contributed by atoms with Crippen LogP contribution in [0.4, 0.5) is 15.8 Å². The van der Waals surface area contributed by atoms with Gasteiger partial charge in [0.15, 0.2) is 0 Å². The molecule has 0 aliphatic heterocycles. The maximum Gasteiger partial charge on any atom is 0.306 e. The zero-order chi connectivity index (χ0) is 21.1. The molecule has 3 aromatic carbocycles. The first-order chi connectivity index (χ1) is 14.6. The van der Waals surface area contributed by atoms with Crippen molar-refractivity contribution in [2.75, 3.05) is 5.32 Å². The number of rotatable bonds is 5. The molecular weight excluding hydrogens is 403 g/mol. The minimum Gasteiger partial charge on any atom is -0.360 e. The van der Waals surface area contributed by atoms with Crippen LogP contribution in [0.2, 0.25) is 0 Å². The molecule has 0 amide bonds. The fourth-order valence-corrected chi connectivity index (χ4v) is 3.80. The van der Waals surface area contributed by atoms with E-state index in [9.17, 15) is 19.8 Å². The molecule has 0 saturated carbocycles. The Morgan fingerprint density at radius 3 is 2.80 bits per heavy atom. The van der Waals surface area contributed by atoms with Gasteiger partial charge in [0.25, 0.3) is 0 Å². The highest BCUT2D eigenvalue weighted by Gasteiger charge is 2.15. The smallest absolute Gasteiger partial charge is 0.306 e. The van der Waals surface area contributed by atoms with Crippen LogP contribution in [0.3, 0.4) is 0 Å². The van der Waals surface area contributed by atoms with Crippen molar-refractivity contribution in [3.05, 3.63) is 93.2 Å². The van der Waals surface area contributed by atoms with E-state index >= 15 is 0 Å². The summed E-state index contributed by atoms with van der Waals surface area (Å²) >= 11 is 1.32. The average molecular weight is 416 g/mol. The van der Waals surface area contributed by atoms with Crippen molar-refractivity contribution in [1.82, 2.24) is 4.98 Å². The lowest BCUT2D eigenvalue weighted by Crippen LogP contribution is -1.96. The highest BCUT2D eigenvalue weighted by Crippen LogP contribution is 2.31. The summed E-state index contributed by atoms with van der Waals surface area (Å²) in [7, 11) is 0. The van der Waals surface area contributed by atoms with E-state index in [0.717, 1.165) is 34.2 Å². The van der Waals surface area contributed by atoms with E-state index < -0.39 is 16.4 Å². The molecular formula is C22H13FN4O2S. The number of anilines is 1. The third kappa shape index (κ3) is 3.74. The predicted molar refractivity (Wildman–Crippen MR) is 115 cm³/mol. The Labute approximate surface area is 174 Å². The minimum absolute atomic E-state index is 0.262. The lowest BCUT2D eigenvalue weighted by molar-refractivity contribution is -0.387. The highest BCUT2D eigenvalue weighted by molar-refractivity contribution is 7.11. The lowest BCUT2D eigenvalue weighted by Gasteiger charge is -2.03. The molecule has 0 saturated heterocycles. The van der Waals surface area contributed by atoms with Crippen molar-refractivity contribution >= 4 is 39.1 Å². The molecule has 8 heteroatoms. The Bertz CT molecular complexity index is 1340. The summed E-state index contributed by atoms with van der Waals surface area (Å²) in [6.07, 6.45) is 1.41. The quantitative estimate of drug-likeness (QED) is 0.245. The highest BCUT2D eigenvalue weighted by atomic mass is 32.1. The number of nitro groups is 1. The summed E-state index contributed by atoms with van der Waals surface area (Å²) in [6, 6.07) is 19.5. The predicted octanol–water partition coefficient (Wildman–Crippen LogP) is 5.99. The van der Waals surface area contributed by atoms with Crippen molar-refractivity contribution < 1.29 is 9.31 Å². The van der Waals surface area contributed by atoms with E-state index in [4.69, 9.17) is 0 Å². The Morgan fingerprint density at radius 1 is 1.20 bits per heavy atom. The number of nitriles is 1. The summed E-state index contributed by atoms with van der Waals surface area (Å²) < 4.78 is 13.5. The van der Waals surface area contributed by atoms with E-state index in [1.165, 1.54) is 23.6 Å². The van der Waals surface area contributed by atoms with Gasteiger partial charge in [-0.05, 0) is 22.9 Å². The molecule has 0 spiro atoms. The van der Waals surface area contributed by atoms with Gasteiger partial charge in [-0.3, -0.25) is 10.1 Å². The van der Waals surface area contributed by atoms with Gasteiger partial charge in [-0.2, -0.15) is 9.65 Å². The minimum atomic E-state index is -0.922. The zero-order valence-electron chi connectivity index (χ0n) is 15.4. The van der Waals surface area contributed by atoms with E-state index in [1.54, 1.807) is 0 Å². The first-order valence-corrected chi connectivity index (χ1v) is 9.69. The SMILES string of the molecule is N#C/C(=C\Nc1ccc(F)c([N+](=O)[O-])c1)c1nc(-c2cccc3ccccc23)cs1. The molecule has 0 aliphatic rings. The van der Waals surface area contributed by atoms with Gasteiger partial charge in [-0.25, -0.2) is 4.98 Å². The van der Waals surface area contributed by atoms with Crippen molar-refractivity contribution in [2.24, 2.45) is 0 Å². The largest absolute Gasteiger partial charge is 0.360 e. The number of hydrogen-bond acceptors (Lipinski definition) is 6. The van der Waals surface area contributed by atoms with Gasteiger partial charge >= 0.3 is 5.69 Å². The number of nitrogens with one attached hydrogen (secondary N) is 1. The fraction of sp³-hybridized carbons (Fsp3) is 0. The molecule has 0 aliphatic carbocycles. The number of hydrogen-bond donors (Lipinski definition) is 1. The summed E-state index contributed by atoms with van der Waals surface area (Å²) in [5.74, 6) is -0.922. The van der Waals surface area contributed by atoms with Crippen molar-refractivity contribution in [1.29, 1.82) is 5.26 Å². The summed E-state index contributed by atoms with van der Waals surface area (Å²) in [5.41, 5.74) is 1.64. The zero-order valence-corrected chi connectivity index (χ0v) is 16.2. The molecule has 0 atom stereocenters. The second-order valence-corrected chi connectivity index (χ2v) is 7.16. The van der Waals surface area contributed by atoms with Crippen LogP contribution in [-0.4, -0.2) is 9.91 Å². The Balaban J connectivity index is 1.64. The second kappa shape index (κ2) is 8.11. The Hall–Kier alpha value is -4.09. The van der Waals surface area contributed by atoms with Crippen LogP contribution in [0, 0.1) is 27.3 Å². The maximum atomic E-state index is 13.5. The monoisotopic (exact) mass is 416 g/mol. The molecule has 0 fully saturated rings. The first kappa shape index (κ1) is 19.2. The molecule has 146 valence electrons. The van der Waals surface area contributed by atoms with Crippen LogP contribution >= 0.6 is 11.3 Å². The lowest BCUT2D eigenvalue weighted by atomic mass is 10.0. The van der Waals surface area contributed by atoms with Crippen molar-refractivity contribution in [3.8, 4) is 17.3 Å². The number of allylic oxidation sites excluding steroid dienone is 1.